The Morgan fingerprint density at radius 1 is 0.857 bits per heavy atom. The predicted octanol–water partition coefficient (Wildman–Crippen LogP) is 5.22. The average molecular weight is 370 g/mol. The van der Waals surface area contributed by atoms with E-state index in [0.29, 0.717) is 16.7 Å². The maximum atomic E-state index is 13.0. The number of esters is 1. The van der Waals surface area contributed by atoms with E-state index in [-0.39, 0.29) is 16.6 Å². The lowest BCUT2D eigenvalue weighted by Crippen LogP contribution is -2.10. The molecule has 0 atom stereocenters. The van der Waals surface area contributed by atoms with Gasteiger partial charge in [0, 0.05) is 11.1 Å². The topological polar surface area (TPSA) is 56.5 Å². The van der Waals surface area contributed by atoms with Crippen molar-refractivity contribution < 1.29 is 13.9 Å². The van der Waals surface area contributed by atoms with Crippen molar-refractivity contribution in [3.05, 3.63) is 94.1 Å². The largest absolute Gasteiger partial charge is 0.465 e. The van der Waals surface area contributed by atoms with Crippen LogP contribution in [-0.4, -0.2) is 13.1 Å². The Labute approximate surface area is 162 Å². The van der Waals surface area contributed by atoms with Crippen LogP contribution in [0.15, 0.2) is 82.0 Å². The summed E-state index contributed by atoms with van der Waals surface area (Å²) < 4.78 is 11.0. The van der Waals surface area contributed by atoms with Gasteiger partial charge < -0.3 is 9.15 Å². The number of rotatable bonds is 3. The number of ether oxygens (including phenoxy) is 1. The monoisotopic (exact) mass is 370 g/mol. The van der Waals surface area contributed by atoms with Gasteiger partial charge in [-0.05, 0) is 30.2 Å². The van der Waals surface area contributed by atoms with Crippen LogP contribution in [0.3, 0.4) is 0 Å². The Bertz CT molecular complexity index is 1240. The Kier molecular flexibility index (Phi) is 4.53. The molecule has 138 valence electrons. The van der Waals surface area contributed by atoms with Gasteiger partial charge in [0.1, 0.15) is 11.3 Å². The van der Waals surface area contributed by atoms with Crippen LogP contribution in [0.25, 0.3) is 33.4 Å². The lowest BCUT2D eigenvalue weighted by molar-refractivity contribution is 0.0601. The standard InChI is InChI=1S/C24H18O4/c1-15-21(25)19-13-8-14-20(24(26)27-2)23(19)28-22(15)18-12-7-6-11-17(18)16-9-4-3-5-10-16/h3-14H,1-2H3. The number of hydrogen-bond donors (Lipinski definition) is 0. The molecule has 0 fully saturated rings. The van der Waals surface area contributed by atoms with Crippen LogP contribution in [0.5, 0.6) is 0 Å². The Hall–Kier alpha value is -3.66. The molecule has 4 heteroatoms. The van der Waals surface area contributed by atoms with Crippen molar-refractivity contribution in [2.24, 2.45) is 0 Å². The molecule has 0 unspecified atom stereocenters. The molecule has 0 spiro atoms. The maximum absolute atomic E-state index is 13.0. The summed E-state index contributed by atoms with van der Waals surface area (Å²) in [5, 5.41) is 0.362. The summed E-state index contributed by atoms with van der Waals surface area (Å²) in [5.41, 5.74) is 3.57. The zero-order valence-electron chi connectivity index (χ0n) is 15.6. The van der Waals surface area contributed by atoms with Crippen LogP contribution in [0.4, 0.5) is 0 Å². The van der Waals surface area contributed by atoms with Crippen LogP contribution in [-0.2, 0) is 4.74 Å². The lowest BCUT2D eigenvalue weighted by atomic mass is 9.95. The number of methoxy groups -OCH3 is 1. The first-order valence-electron chi connectivity index (χ1n) is 8.91. The Morgan fingerprint density at radius 3 is 2.25 bits per heavy atom. The second-order valence-corrected chi connectivity index (χ2v) is 6.47. The van der Waals surface area contributed by atoms with Crippen LogP contribution in [0.2, 0.25) is 0 Å². The summed E-state index contributed by atoms with van der Waals surface area (Å²) >= 11 is 0. The molecule has 0 amide bonds. The first-order valence-corrected chi connectivity index (χ1v) is 8.91. The number of benzene rings is 3. The number of para-hydroxylation sites is 1. The van der Waals surface area contributed by atoms with Crippen LogP contribution < -0.4 is 5.43 Å². The van der Waals surface area contributed by atoms with Gasteiger partial charge in [0.15, 0.2) is 11.0 Å². The van der Waals surface area contributed by atoms with Crippen molar-refractivity contribution in [2.45, 2.75) is 6.92 Å². The van der Waals surface area contributed by atoms with E-state index >= 15 is 0 Å². The van der Waals surface area contributed by atoms with Crippen molar-refractivity contribution in [1.82, 2.24) is 0 Å². The summed E-state index contributed by atoms with van der Waals surface area (Å²) in [6, 6.07) is 22.6. The number of carbonyl (C=O) groups is 1. The molecule has 0 aliphatic carbocycles. The smallest absolute Gasteiger partial charge is 0.341 e. The normalized spacial score (nSPS) is 10.8. The van der Waals surface area contributed by atoms with Crippen molar-refractivity contribution in [2.75, 3.05) is 7.11 Å². The molecule has 4 aromatic rings. The van der Waals surface area contributed by atoms with Crippen molar-refractivity contribution >= 4 is 16.9 Å². The molecule has 0 aliphatic heterocycles. The third kappa shape index (κ3) is 2.89. The highest BCUT2D eigenvalue weighted by Crippen LogP contribution is 2.35. The van der Waals surface area contributed by atoms with Gasteiger partial charge in [0.2, 0.25) is 0 Å². The van der Waals surface area contributed by atoms with E-state index < -0.39 is 5.97 Å². The molecule has 4 rings (SSSR count). The third-order valence-electron chi connectivity index (χ3n) is 4.81. The summed E-state index contributed by atoms with van der Waals surface area (Å²) in [7, 11) is 1.30. The highest BCUT2D eigenvalue weighted by atomic mass is 16.5. The van der Waals surface area contributed by atoms with Gasteiger partial charge in [0.25, 0.3) is 0 Å². The molecule has 1 heterocycles. The Morgan fingerprint density at radius 2 is 1.54 bits per heavy atom. The third-order valence-corrected chi connectivity index (χ3v) is 4.81. The van der Waals surface area contributed by atoms with E-state index in [1.807, 2.05) is 54.6 Å². The molecule has 1 aromatic heterocycles. The number of carbonyl (C=O) groups excluding carboxylic acids is 1. The van der Waals surface area contributed by atoms with E-state index in [1.165, 1.54) is 7.11 Å². The van der Waals surface area contributed by atoms with E-state index in [0.717, 1.165) is 16.7 Å². The quantitative estimate of drug-likeness (QED) is 0.464. The molecule has 3 aromatic carbocycles. The first kappa shape index (κ1) is 17.7. The summed E-state index contributed by atoms with van der Waals surface area (Å²) in [5.74, 6) is -0.0896. The number of hydrogen-bond acceptors (Lipinski definition) is 4. The fourth-order valence-corrected chi connectivity index (χ4v) is 3.39. The summed E-state index contributed by atoms with van der Waals surface area (Å²) in [4.78, 5) is 25.2. The molecule has 0 bridgehead atoms. The molecule has 0 saturated carbocycles. The minimum Gasteiger partial charge on any atom is -0.465 e. The van der Waals surface area contributed by atoms with Gasteiger partial charge in [-0.1, -0.05) is 60.7 Å². The molecule has 0 aliphatic rings. The maximum Gasteiger partial charge on any atom is 0.341 e. The predicted molar refractivity (Wildman–Crippen MR) is 109 cm³/mol. The second kappa shape index (κ2) is 7.16. The zero-order valence-corrected chi connectivity index (χ0v) is 15.6. The number of fused-ring (bicyclic) bond motifs is 1. The van der Waals surface area contributed by atoms with Gasteiger partial charge in [0.05, 0.1) is 12.5 Å². The molecule has 4 nitrogen and oxygen atoms in total. The fourth-order valence-electron chi connectivity index (χ4n) is 3.39. The van der Waals surface area contributed by atoms with Gasteiger partial charge in [-0.2, -0.15) is 0 Å². The fraction of sp³-hybridized carbons (Fsp3) is 0.0833. The summed E-state index contributed by atoms with van der Waals surface area (Å²) in [6.07, 6.45) is 0. The SMILES string of the molecule is COC(=O)c1cccc2c(=O)c(C)c(-c3ccccc3-c3ccccc3)oc12. The van der Waals surface area contributed by atoms with E-state index in [1.54, 1.807) is 25.1 Å². The second-order valence-electron chi connectivity index (χ2n) is 6.47. The molecular formula is C24H18O4. The van der Waals surface area contributed by atoms with E-state index in [4.69, 9.17) is 9.15 Å². The van der Waals surface area contributed by atoms with Crippen LogP contribution >= 0.6 is 0 Å². The van der Waals surface area contributed by atoms with E-state index in [9.17, 15) is 9.59 Å². The van der Waals surface area contributed by atoms with E-state index in [2.05, 4.69) is 0 Å². The molecule has 0 N–H and O–H groups in total. The Balaban J connectivity index is 2.05. The van der Waals surface area contributed by atoms with Crippen molar-refractivity contribution in [3.63, 3.8) is 0 Å². The van der Waals surface area contributed by atoms with Crippen LogP contribution in [0.1, 0.15) is 15.9 Å². The van der Waals surface area contributed by atoms with Crippen LogP contribution in [0, 0.1) is 6.92 Å². The van der Waals surface area contributed by atoms with Gasteiger partial charge in [-0.15, -0.1) is 0 Å². The van der Waals surface area contributed by atoms with Crippen molar-refractivity contribution in [3.8, 4) is 22.5 Å². The molecule has 0 saturated heterocycles. The van der Waals surface area contributed by atoms with Gasteiger partial charge in [-0.25, -0.2) is 4.79 Å². The van der Waals surface area contributed by atoms with Gasteiger partial charge >= 0.3 is 5.97 Å². The minimum absolute atomic E-state index is 0.162. The highest BCUT2D eigenvalue weighted by Gasteiger charge is 2.20. The average Bonchev–Trinajstić information content (AvgIpc) is 2.76. The molecular weight excluding hydrogens is 352 g/mol. The summed E-state index contributed by atoms with van der Waals surface area (Å²) in [6.45, 7) is 1.74. The zero-order chi connectivity index (χ0) is 19.7. The molecule has 28 heavy (non-hydrogen) atoms. The highest BCUT2D eigenvalue weighted by molar-refractivity contribution is 6.02. The molecule has 0 radical (unpaired) electrons. The van der Waals surface area contributed by atoms with Crippen molar-refractivity contribution in [1.29, 1.82) is 0 Å². The first-order chi connectivity index (χ1) is 13.6. The minimum atomic E-state index is -0.542. The lowest BCUT2D eigenvalue weighted by Gasteiger charge is -2.13. The van der Waals surface area contributed by atoms with Gasteiger partial charge in [-0.3, -0.25) is 4.79 Å².